The number of aromatic nitrogens is 3. The largest absolute Gasteiger partial charge is 0.455 e. The highest BCUT2D eigenvalue weighted by molar-refractivity contribution is 7.25. The number of benzene rings is 6. The van der Waals surface area contributed by atoms with Gasteiger partial charge in [0.05, 0.1) is 32.0 Å². The number of hydrogen-bond acceptors (Lipinski definition) is 4. The first-order chi connectivity index (χ1) is 26.5. The first-order valence-electron chi connectivity index (χ1n) is 19.3. The average molecular weight is 641 g/mol. The van der Waals surface area contributed by atoms with Gasteiger partial charge in [0.25, 0.3) is 0 Å². The summed E-state index contributed by atoms with van der Waals surface area (Å²) in [4.78, 5) is 11.3. The van der Waals surface area contributed by atoms with Crippen molar-refractivity contribution in [2.75, 3.05) is 0 Å². The smallest absolute Gasteiger partial charge is 0.160 e. The average Bonchev–Trinajstić information content (AvgIpc) is 3.87. The highest BCUT2D eigenvalue weighted by atomic mass is 32.1. The Morgan fingerprint density at radius 3 is 2.48 bits per heavy atom. The second kappa shape index (κ2) is 9.18. The Hall–Kier alpha value is -5.78. The molecule has 0 amide bonds. The summed E-state index contributed by atoms with van der Waals surface area (Å²) < 4.78 is 70.5. The van der Waals surface area contributed by atoms with Crippen LogP contribution in [-0.2, 0) is 5.41 Å². The van der Waals surface area contributed by atoms with E-state index < -0.39 is 24.2 Å². The predicted octanol–water partition coefficient (Wildman–Crippen LogP) is 11.8. The van der Waals surface area contributed by atoms with Crippen LogP contribution in [0.15, 0.2) is 132 Å². The maximum absolute atomic E-state index is 9.17. The van der Waals surface area contributed by atoms with E-state index in [1.807, 2.05) is 30.3 Å². The zero-order valence-electron chi connectivity index (χ0n) is 32.7. The fourth-order valence-electron chi connectivity index (χ4n) is 7.68. The summed E-state index contributed by atoms with van der Waals surface area (Å²) >= 11 is 1.79. The molecule has 0 saturated carbocycles. The summed E-state index contributed by atoms with van der Waals surface area (Å²) in [6, 6.07) is 26.1. The number of nitrogens with zero attached hydrogens (tertiary/aromatic N) is 3. The van der Waals surface area contributed by atoms with Gasteiger partial charge in [-0.05, 0) is 53.5 Å². The number of para-hydroxylation sites is 4. The van der Waals surface area contributed by atoms with Crippen molar-refractivity contribution in [1.29, 1.82) is 0 Å². The summed E-state index contributed by atoms with van der Waals surface area (Å²) in [5.74, 6) is 0.394. The standard InChI is InChI=1S/C43H27N3OS/c1-43(2)31-17-10-15-29-37-28-13-5-8-20-36(28)48-42(37)46(39(29)31)34-22-21-24(23-32(34)43)41-44-33-18-6-3-12-27(33)38(45-41)30-16-9-14-26-25-11-4-7-19-35(25)47-40(26)30/h3-23H,1-2H3/i4D,7D,9D,11D,14D,16D,19D. The number of rotatable bonds is 2. The van der Waals surface area contributed by atoms with E-state index in [-0.39, 0.29) is 51.0 Å². The molecular weight excluding hydrogens is 607 g/mol. The summed E-state index contributed by atoms with van der Waals surface area (Å²) in [6.07, 6.45) is 0. The summed E-state index contributed by atoms with van der Waals surface area (Å²) in [5.41, 5.74) is 5.90. The van der Waals surface area contributed by atoms with Crippen LogP contribution >= 0.6 is 11.3 Å². The van der Waals surface area contributed by atoms with Crippen molar-refractivity contribution in [3.8, 4) is 28.3 Å². The molecule has 5 heterocycles. The summed E-state index contributed by atoms with van der Waals surface area (Å²) in [5, 5.41) is 4.38. The topological polar surface area (TPSA) is 43.9 Å². The fraction of sp³-hybridized carbons (Fsp3) is 0.0698. The zero-order valence-corrected chi connectivity index (χ0v) is 26.6. The molecule has 4 nitrogen and oxygen atoms in total. The molecular formula is C43H27N3OS. The van der Waals surface area contributed by atoms with Crippen molar-refractivity contribution in [1.82, 2.24) is 14.5 Å². The lowest BCUT2D eigenvalue weighted by Crippen LogP contribution is -2.26. The maximum atomic E-state index is 9.17. The molecule has 11 rings (SSSR count). The molecule has 0 saturated heterocycles. The quantitative estimate of drug-likeness (QED) is 0.189. The number of fused-ring (bicyclic) bond motifs is 11. The number of thiophene rings is 1. The Balaban J connectivity index is 1.19. The molecule has 0 fully saturated rings. The van der Waals surface area contributed by atoms with Gasteiger partial charge >= 0.3 is 0 Å². The molecule has 0 bridgehead atoms. The van der Waals surface area contributed by atoms with E-state index in [0.29, 0.717) is 22.4 Å². The highest BCUT2D eigenvalue weighted by Crippen LogP contribution is 2.51. The molecule has 1 aliphatic rings. The minimum absolute atomic E-state index is 0.00315. The number of hydrogen-bond donors (Lipinski definition) is 0. The molecule has 0 unspecified atom stereocenters. The predicted molar refractivity (Wildman–Crippen MR) is 200 cm³/mol. The van der Waals surface area contributed by atoms with Crippen LogP contribution in [0, 0.1) is 0 Å². The van der Waals surface area contributed by atoms with Gasteiger partial charge in [0.1, 0.15) is 16.0 Å². The first-order valence-corrected chi connectivity index (χ1v) is 16.6. The van der Waals surface area contributed by atoms with Crippen molar-refractivity contribution >= 4 is 75.4 Å². The van der Waals surface area contributed by atoms with Gasteiger partial charge < -0.3 is 8.98 Å². The van der Waals surface area contributed by atoms with Gasteiger partial charge in [-0.3, -0.25) is 0 Å². The lowest BCUT2D eigenvalue weighted by molar-refractivity contribution is 0.630. The van der Waals surface area contributed by atoms with Crippen LogP contribution in [0.3, 0.4) is 0 Å². The van der Waals surface area contributed by atoms with E-state index in [1.165, 1.54) is 36.8 Å². The van der Waals surface area contributed by atoms with E-state index >= 15 is 0 Å². The van der Waals surface area contributed by atoms with Crippen molar-refractivity contribution in [2.24, 2.45) is 0 Å². The molecule has 6 aromatic carbocycles. The molecule has 4 aromatic heterocycles. The van der Waals surface area contributed by atoms with Crippen molar-refractivity contribution in [2.45, 2.75) is 19.3 Å². The van der Waals surface area contributed by atoms with Gasteiger partial charge in [0.2, 0.25) is 0 Å². The van der Waals surface area contributed by atoms with Gasteiger partial charge in [0.15, 0.2) is 5.82 Å². The van der Waals surface area contributed by atoms with Crippen LogP contribution in [0.2, 0.25) is 0 Å². The first kappa shape index (κ1) is 20.5. The van der Waals surface area contributed by atoms with E-state index in [2.05, 4.69) is 73.0 Å². The molecule has 0 atom stereocenters. The lowest BCUT2D eigenvalue weighted by Gasteiger charge is -2.35. The van der Waals surface area contributed by atoms with Crippen LogP contribution in [0.25, 0.3) is 92.4 Å². The summed E-state index contributed by atoms with van der Waals surface area (Å²) in [6.45, 7) is 4.49. The maximum Gasteiger partial charge on any atom is 0.160 e. The van der Waals surface area contributed by atoms with Gasteiger partial charge in [-0.2, -0.15) is 0 Å². The van der Waals surface area contributed by atoms with Crippen LogP contribution < -0.4 is 0 Å². The minimum atomic E-state index is -0.469. The van der Waals surface area contributed by atoms with Crippen LogP contribution in [0.1, 0.15) is 34.6 Å². The Morgan fingerprint density at radius 1 is 0.729 bits per heavy atom. The van der Waals surface area contributed by atoms with Gasteiger partial charge in [-0.25, -0.2) is 9.97 Å². The Morgan fingerprint density at radius 2 is 1.54 bits per heavy atom. The molecule has 48 heavy (non-hydrogen) atoms. The molecule has 5 heteroatoms. The highest BCUT2D eigenvalue weighted by Gasteiger charge is 2.36. The van der Waals surface area contributed by atoms with Gasteiger partial charge in [-0.1, -0.05) is 98.7 Å². The lowest BCUT2D eigenvalue weighted by atomic mass is 9.74. The molecule has 0 spiro atoms. The van der Waals surface area contributed by atoms with Crippen molar-refractivity contribution in [3.63, 3.8) is 0 Å². The zero-order chi connectivity index (χ0) is 37.8. The number of furan rings is 1. The molecule has 10 aromatic rings. The molecule has 0 N–H and O–H groups in total. The van der Waals surface area contributed by atoms with Crippen molar-refractivity contribution < 1.29 is 14.0 Å². The summed E-state index contributed by atoms with van der Waals surface area (Å²) in [7, 11) is 0. The van der Waals surface area contributed by atoms with Gasteiger partial charge in [0, 0.05) is 53.6 Å². The monoisotopic (exact) mass is 640 g/mol. The van der Waals surface area contributed by atoms with Gasteiger partial charge in [-0.15, -0.1) is 11.3 Å². The molecule has 226 valence electrons. The van der Waals surface area contributed by atoms with Crippen LogP contribution in [0.5, 0.6) is 0 Å². The van der Waals surface area contributed by atoms with E-state index in [9.17, 15) is 0 Å². The molecule has 1 aliphatic heterocycles. The van der Waals surface area contributed by atoms with E-state index in [4.69, 9.17) is 24.0 Å². The molecule has 0 radical (unpaired) electrons. The third-order valence-electron chi connectivity index (χ3n) is 9.93. The Bertz CT molecular complexity index is 3400. The van der Waals surface area contributed by atoms with E-state index in [0.717, 1.165) is 16.8 Å². The second-order valence-electron chi connectivity index (χ2n) is 12.8. The third-order valence-corrected chi connectivity index (χ3v) is 11.1. The SMILES string of the molecule is [2H]c1c([2H])c([2H])c2c(oc3c(-c4nc(-c5ccc6c(c5)C(C)(C)c5cccc7c8c9ccccc9sc8n-6c57)nc5ccccc45)c([2H])c([2H])c([2H])c32)c1[2H]. The fourth-order valence-corrected chi connectivity index (χ4v) is 8.92. The Kier molecular flexibility index (Phi) is 3.91. The minimum Gasteiger partial charge on any atom is -0.455 e. The Labute approximate surface area is 289 Å². The van der Waals surface area contributed by atoms with E-state index in [1.54, 1.807) is 11.3 Å². The normalized spacial score (nSPS) is 15.8. The van der Waals surface area contributed by atoms with Crippen LogP contribution in [-0.4, -0.2) is 14.5 Å². The third kappa shape index (κ3) is 3.33. The second-order valence-corrected chi connectivity index (χ2v) is 13.9. The van der Waals surface area contributed by atoms with Crippen molar-refractivity contribution in [3.05, 3.63) is 138 Å². The molecule has 0 aliphatic carbocycles. The van der Waals surface area contributed by atoms with Crippen LogP contribution in [0.4, 0.5) is 0 Å².